The van der Waals surface area contributed by atoms with Crippen molar-refractivity contribution >= 4 is 0 Å². The zero-order valence-electron chi connectivity index (χ0n) is 6.47. The Hall–Kier alpha value is -0.120. The van der Waals surface area contributed by atoms with Crippen LogP contribution in [0, 0.1) is 5.92 Å². The number of hydrogen-bond acceptors (Lipinski definition) is 3. The second-order valence-electron chi connectivity index (χ2n) is 2.98. The molecule has 1 aliphatic rings. The number of nitrogens with one attached hydrogen (secondary N) is 1. The van der Waals surface area contributed by atoms with Crippen LogP contribution in [0.5, 0.6) is 0 Å². The van der Waals surface area contributed by atoms with Crippen molar-refractivity contribution in [3.05, 3.63) is 0 Å². The van der Waals surface area contributed by atoms with Crippen LogP contribution >= 0.6 is 0 Å². The van der Waals surface area contributed by atoms with Gasteiger partial charge in [0.25, 0.3) is 0 Å². The standard InChI is InChI=1S/C7H16N2O/c1-10-5-6-2-7(8)4-9-3-6/h6-7,9H,2-5,8H2,1H3. The van der Waals surface area contributed by atoms with Gasteiger partial charge >= 0.3 is 0 Å². The summed E-state index contributed by atoms with van der Waals surface area (Å²) in [5.41, 5.74) is 5.74. The second kappa shape index (κ2) is 3.91. The monoisotopic (exact) mass is 144 g/mol. The van der Waals surface area contributed by atoms with Gasteiger partial charge in [0.2, 0.25) is 0 Å². The molecular formula is C7H16N2O. The topological polar surface area (TPSA) is 47.3 Å². The molecule has 3 nitrogen and oxygen atoms in total. The number of hydrogen-bond donors (Lipinski definition) is 2. The molecule has 0 aromatic carbocycles. The maximum absolute atomic E-state index is 5.74. The van der Waals surface area contributed by atoms with Crippen LogP contribution in [0.3, 0.4) is 0 Å². The van der Waals surface area contributed by atoms with Crippen molar-refractivity contribution in [1.29, 1.82) is 0 Å². The van der Waals surface area contributed by atoms with Gasteiger partial charge in [-0.25, -0.2) is 0 Å². The molecular weight excluding hydrogens is 128 g/mol. The third-order valence-electron chi connectivity index (χ3n) is 1.88. The average molecular weight is 144 g/mol. The molecule has 10 heavy (non-hydrogen) atoms. The van der Waals surface area contributed by atoms with E-state index in [1.807, 2.05) is 0 Å². The van der Waals surface area contributed by atoms with E-state index in [0.717, 1.165) is 26.1 Å². The van der Waals surface area contributed by atoms with E-state index in [1.54, 1.807) is 7.11 Å². The fourth-order valence-electron chi connectivity index (χ4n) is 1.43. The second-order valence-corrected chi connectivity index (χ2v) is 2.98. The Kier molecular flexibility index (Phi) is 3.12. The van der Waals surface area contributed by atoms with Crippen LogP contribution in [0.4, 0.5) is 0 Å². The Bertz CT molecular complexity index is 95.6. The highest BCUT2D eigenvalue weighted by Crippen LogP contribution is 2.08. The summed E-state index contributed by atoms with van der Waals surface area (Å²) in [6.45, 7) is 2.85. The molecule has 1 heterocycles. The molecule has 1 rings (SSSR count). The molecule has 60 valence electrons. The molecule has 1 aliphatic heterocycles. The Balaban J connectivity index is 2.18. The number of ether oxygens (including phenoxy) is 1. The molecule has 0 amide bonds. The van der Waals surface area contributed by atoms with Crippen LogP contribution in [-0.4, -0.2) is 32.8 Å². The van der Waals surface area contributed by atoms with Crippen molar-refractivity contribution < 1.29 is 4.74 Å². The summed E-state index contributed by atoms with van der Waals surface area (Å²) in [6, 6.07) is 0.328. The highest BCUT2D eigenvalue weighted by Gasteiger charge is 2.17. The van der Waals surface area contributed by atoms with Crippen molar-refractivity contribution in [3.63, 3.8) is 0 Å². The third kappa shape index (κ3) is 2.25. The lowest BCUT2D eigenvalue weighted by Gasteiger charge is -2.26. The SMILES string of the molecule is COCC1CNCC(N)C1. The third-order valence-corrected chi connectivity index (χ3v) is 1.88. The van der Waals surface area contributed by atoms with E-state index in [9.17, 15) is 0 Å². The molecule has 0 aromatic rings. The van der Waals surface area contributed by atoms with Crippen LogP contribution in [-0.2, 0) is 4.74 Å². The summed E-state index contributed by atoms with van der Waals surface area (Å²) in [4.78, 5) is 0. The van der Waals surface area contributed by atoms with Crippen LogP contribution in [0.15, 0.2) is 0 Å². The van der Waals surface area contributed by atoms with Crippen molar-refractivity contribution in [2.75, 3.05) is 26.8 Å². The van der Waals surface area contributed by atoms with E-state index >= 15 is 0 Å². The molecule has 1 fully saturated rings. The first-order valence-electron chi connectivity index (χ1n) is 3.78. The summed E-state index contributed by atoms with van der Waals surface area (Å²) in [5.74, 6) is 0.619. The van der Waals surface area contributed by atoms with Gasteiger partial charge in [-0.3, -0.25) is 0 Å². The largest absolute Gasteiger partial charge is 0.384 e. The first-order valence-corrected chi connectivity index (χ1v) is 3.78. The van der Waals surface area contributed by atoms with Crippen LogP contribution < -0.4 is 11.1 Å². The number of piperidine rings is 1. The van der Waals surface area contributed by atoms with Gasteiger partial charge in [-0.1, -0.05) is 0 Å². The first kappa shape index (κ1) is 7.98. The van der Waals surface area contributed by atoms with Crippen LogP contribution in [0.25, 0.3) is 0 Å². The van der Waals surface area contributed by atoms with Gasteiger partial charge in [-0.05, 0) is 12.3 Å². The van der Waals surface area contributed by atoms with Crippen molar-refractivity contribution in [3.8, 4) is 0 Å². The van der Waals surface area contributed by atoms with E-state index < -0.39 is 0 Å². The zero-order valence-corrected chi connectivity index (χ0v) is 6.47. The van der Waals surface area contributed by atoms with E-state index in [1.165, 1.54) is 0 Å². The van der Waals surface area contributed by atoms with E-state index in [2.05, 4.69) is 5.32 Å². The highest BCUT2D eigenvalue weighted by molar-refractivity contribution is 4.77. The maximum atomic E-state index is 5.74. The Labute approximate surface area is 61.9 Å². The van der Waals surface area contributed by atoms with Crippen molar-refractivity contribution in [1.82, 2.24) is 5.32 Å². The van der Waals surface area contributed by atoms with Gasteiger partial charge in [-0.15, -0.1) is 0 Å². The summed E-state index contributed by atoms with van der Waals surface area (Å²) in [7, 11) is 1.74. The molecule has 0 aliphatic carbocycles. The normalized spacial score (nSPS) is 34.2. The predicted octanol–water partition coefficient (Wildman–Crippen LogP) is -0.430. The minimum atomic E-state index is 0.328. The first-order chi connectivity index (χ1) is 4.83. The lowest BCUT2D eigenvalue weighted by Crippen LogP contribution is -2.45. The van der Waals surface area contributed by atoms with Gasteiger partial charge in [0.1, 0.15) is 0 Å². The quantitative estimate of drug-likeness (QED) is 0.553. The fourth-order valence-corrected chi connectivity index (χ4v) is 1.43. The maximum Gasteiger partial charge on any atom is 0.0503 e. The number of rotatable bonds is 2. The van der Waals surface area contributed by atoms with Gasteiger partial charge < -0.3 is 15.8 Å². The van der Waals surface area contributed by atoms with Gasteiger partial charge in [-0.2, -0.15) is 0 Å². The van der Waals surface area contributed by atoms with Gasteiger partial charge in [0.15, 0.2) is 0 Å². The molecule has 0 aromatic heterocycles. The zero-order chi connectivity index (χ0) is 7.40. The van der Waals surface area contributed by atoms with E-state index in [4.69, 9.17) is 10.5 Å². The smallest absolute Gasteiger partial charge is 0.0503 e. The number of nitrogens with two attached hydrogens (primary N) is 1. The summed E-state index contributed by atoms with van der Waals surface area (Å²) < 4.78 is 5.03. The lowest BCUT2D eigenvalue weighted by atomic mass is 9.97. The predicted molar refractivity (Wildman–Crippen MR) is 40.8 cm³/mol. The van der Waals surface area contributed by atoms with Gasteiger partial charge in [0.05, 0.1) is 6.61 Å². The molecule has 2 atom stereocenters. The summed E-state index contributed by atoms with van der Waals surface area (Å²) in [5, 5.41) is 3.26. The van der Waals surface area contributed by atoms with E-state index in [-0.39, 0.29) is 0 Å². The fraction of sp³-hybridized carbons (Fsp3) is 1.00. The Morgan fingerprint density at radius 1 is 1.60 bits per heavy atom. The number of methoxy groups -OCH3 is 1. The van der Waals surface area contributed by atoms with E-state index in [0.29, 0.717) is 12.0 Å². The highest BCUT2D eigenvalue weighted by atomic mass is 16.5. The Morgan fingerprint density at radius 2 is 2.40 bits per heavy atom. The average Bonchev–Trinajstić information content (AvgIpc) is 1.88. The van der Waals surface area contributed by atoms with Gasteiger partial charge in [0, 0.05) is 26.2 Å². The molecule has 0 saturated carbocycles. The molecule has 0 spiro atoms. The Morgan fingerprint density at radius 3 is 3.00 bits per heavy atom. The molecule has 0 bridgehead atoms. The molecule has 2 unspecified atom stereocenters. The molecule has 1 saturated heterocycles. The van der Waals surface area contributed by atoms with Crippen LogP contribution in [0.2, 0.25) is 0 Å². The van der Waals surface area contributed by atoms with Crippen LogP contribution in [0.1, 0.15) is 6.42 Å². The summed E-state index contributed by atoms with van der Waals surface area (Å²) >= 11 is 0. The summed E-state index contributed by atoms with van der Waals surface area (Å²) in [6.07, 6.45) is 1.10. The van der Waals surface area contributed by atoms with Crippen molar-refractivity contribution in [2.24, 2.45) is 11.7 Å². The van der Waals surface area contributed by atoms with Crippen molar-refractivity contribution in [2.45, 2.75) is 12.5 Å². The molecule has 0 radical (unpaired) electrons. The molecule has 3 N–H and O–H groups in total. The molecule has 3 heteroatoms. The minimum absolute atomic E-state index is 0.328. The lowest BCUT2D eigenvalue weighted by molar-refractivity contribution is 0.133. The minimum Gasteiger partial charge on any atom is -0.384 e.